The summed E-state index contributed by atoms with van der Waals surface area (Å²) in [5, 5.41) is 3.01. The van der Waals surface area contributed by atoms with Gasteiger partial charge in [0, 0.05) is 42.7 Å². The van der Waals surface area contributed by atoms with Crippen LogP contribution in [0.4, 0.5) is 0 Å². The zero-order chi connectivity index (χ0) is 25.7. The summed E-state index contributed by atoms with van der Waals surface area (Å²) in [5.74, 6) is 2.17. The predicted octanol–water partition coefficient (Wildman–Crippen LogP) is 3.97. The van der Waals surface area contributed by atoms with Crippen LogP contribution in [0.25, 0.3) is 0 Å². The number of furan rings is 1. The smallest absolute Gasteiger partial charge is 0.261 e. The molecule has 0 bridgehead atoms. The van der Waals surface area contributed by atoms with E-state index < -0.39 is 0 Å². The summed E-state index contributed by atoms with van der Waals surface area (Å²) >= 11 is 1.70. The van der Waals surface area contributed by atoms with Crippen molar-refractivity contribution in [2.24, 2.45) is 0 Å². The summed E-state index contributed by atoms with van der Waals surface area (Å²) in [5.41, 5.74) is 3.51. The Kier molecular flexibility index (Phi) is 8.30. The molecule has 0 aromatic carbocycles. The minimum Gasteiger partial charge on any atom is -0.468 e. The Morgan fingerprint density at radius 1 is 1.19 bits per heavy atom. The molecule has 36 heavy (non-hydrogen) atoms. The number of amides is 2. The first kappa shape index (κ1) is 25.8. The van der Waals surface area contributed by atoms with E-state index in [1.165, 1.54) is 0 Å². The first-order chi connectivity index (χ1) is 17.3. The van der Waals surface area contributed by atoms with Crippen molar-refractivity contribution in [3.63, 3.8) is 0 Å². The van der Waals surface area contributed by atoms with Gasteiger partial charge in [0.05, 0.1) is 23.3 Å². The molecule has 1 aliphatic rings. The second-order valence-corrected chi connectivity index (χ2v) is 10.3. The van der Waals surface area contributed by atoms with Gasteiger partial charge in [-0.2, -0.15) is 11.8 Å². The normalized spacial score (nSPS) is 14.1. The molecule has 2 amide bonds. The number of H-pyrrole nitrogens is 1. The largest absolute Gasteiger partial charge is 0.468 e. The number of likely N-dealkylation sites (tertiary alicyclic amines) is 1. The molecule has 1 fully saturated rings. The van der Waals surface area contributed by atoms with Gasteiger partial charge in [0.1, 0.15) is 11.3 Å². The number of carbonyl (C=O) groups is 2. The molecule has 0 atom stereocenters. The highest BCUT2D eigenvalue weighted by Gasteiger charge is 2.29. The van der Waals surface area contributed by atoms with E-state index in [0.717, 1.165) is 34.3 Å². The fourth-order valence-corrected chi connectivity index (χ4v) is 5.37. The van der Waals surface area contributed by atoms with Crippen molar-refractivity contribution in [2.45, 2.75) is 45.3 Å². The van der Waals surface area contributed by atoms with Crippen molar-refractivity contribution in [3.8, 4) is 0 Å². The van der Waals surface area contributed by atoms with Gasteiger partial charge in [-0.15, -0.1) is 0 Å². The maximum atomic E-state index is 13.1. The fourth-order valence-electron chi connectivity index (χ4n) is 4.61. The number of nitrogens with zero attached hydrogens (tertiary/aromatic N) is 2. The zero-order valence-electron chi connectivity index (χ0n) is 20.9. The summed E-state index contributed by atoms with van der Waals surface area (Å²) < 4.78 is 5.33. The van der Waals surface area contributed by atoms with Crippen molar-refractivity contribution in [2.75, 3.05) is 25.4 Å². The van der Waals surface area contributed by atoms with Gasteiger partial charge < -0.3 is 19.6 Å². The standard InChI is InChI=1S/C27H32N4O4S/c1-17-15-19(3)30-26(33)23(17)27(34)31-11-8-20(9-12-31)24-22(7-6-18(2)29-24)25(32)28-10-14-36-16-21-5-4-13-35-21/h4-7,13,15,20H,8-12,14,16H2,1-3H3,(H,28,32)(H,30,33). The number of nitrogens with one attached hydrogen (secondary N) is 2. The lowest BCUT2D eigenvalue weighted by Gasteiger charge is -2.32. The van der Waals surface area contributed by atoms with E-state index in [1.54, 1.807) is 36.8 Å². The lowest BCUT2D eigenvalue weighted by Crippen LogP contribution is -2.41. The van der Waals surface area contributed by atoms with E-state index in [4.69, 9.17) is 9.40 Å². The van der Waals surface area contributed by atoms with E-state index in [-0.39, 0.29) is 28.9 Å². The molecule has 0 spiro atoms. The Hall–Kier alpha value is -3.33. The van der Waals surface area contributed by atoms with Gasteiger partial charge in [0.2, 0.25) is 0 Å². The highest BCUT2D eigenvalue weighted by Crippen LogP contribution is 2.30. The summed E-state index contributed by atoms with van der Waals surface area (Å²) in [7, 11) is 0. The Morgan fingerprint density at radius 3 is 2.67 bits per heavy atom. The number of pyridine rings is 2. The van der Waals surface area contributed by atoms with Gasteiger partial charge in [-0.25, -0.2) is 0 Å². The second kappa shape index (κ2) is 11.6. The number of aromatic amines is 1. The highest BCUT2D eigenvalue weighted by atomic mass is 32.2. The van der Waals surface area contributed by atoms with E-state index in [2.05, 4.69) is 10.3 Å². The first-order valence-corrected chi connectivity index (χ1v) is 13.3. The van der Waals surface area contributed by atoms with Crippen LogP contribution in [0.1, 0.15) is 67.9 Å². The number of aryl methyl sites for hydroxylation is 3. The minimum absolute atomic E-state index is 0.0698. The molecule has 2 N–H and O–H groups in total. The Labute approximate surface area is 214 Å². The molecule has 1 saturated heterocycles. The third-order valence-electron chi connectivity index (χ3n) is 6.41. The molecule has 4 rings (SSSR count). The van der Waals surface area contributed by atoms with Crippen LogP contribution in [0, 0.1) is 20.8 Å². The van der Waals surface area contributed by atoms with Crippen molar-refractivity contribution < 1.29 is 14.0 Å². The number of hydrogen-bond acceptors (Lipinski definition) is 6. The van der Waals surface area contributed by atoms with Crippen molar-refractivity contribution in [3.05, 3.63) is 86.5 Å². The van der Waals surface area contributed by atoms with Crippen molar-refractivity contribution >= 4 is 23.6 Å². The van der Waals surface area contributed by atoms with Crippen LogP contribution >= 0.6 is 11.8 Å². The van der Waals surface area contributed by atoms with E-state index in [0.29, 0.717) is 43.6 Å². The SMILES string of the molecule is Cc1ccc(C(=O)NCCSCc2ccco2)c(C2CCN(C(=O)c3c(C)cc(C)[nH]c3=O)CC2)n1. The van der Waals surface area contributed by atoms with Crippen LogP contribution in [-0.2, 0) is 5.75 Å². The molecule has 9 heteroatoms. The van der Waals surface area contributed by atoms with Crippen LogP contribution in [0.15, 0.2) is 45.8 Å². The number of piperidine rings is 1. The Morgan fingerprint density at radius 2 is 1.97 bits per heavy atom. The first-order valence-electron chi connectivity index (χ1n) is 12.2. The molecule has 8 nitrogen and oxygen atoms in total. The fraction of sp³-hybridized carbons (Fsp3) is 0.407. The zero-order valence-corrected chi connectivity index (χ0v) is 21.7. The molecule has 190 valence electrons. The van der Waals surface area contributed by atoms with Gasteiger partial charge in [-0.3, -0.25) is 19.4 Å². The number of carbonyl (C=O) groups excluding carboxylic acids is 2. The molecular formula is C27H32N4O4S. The molecule has 0 unspecified atom stereocenters. The average molecular weight is 509 g/mol. The monoisotopic (exact) mass is 508 g/mol. The quantitative estimate of drug-likeness (QED) is 0.446. The number of thioether (sulfide) groups is 1. The third-order valence-corrected chi connectivity index (χ3v) is 7.39. The van der Waals surface area contributed by atoms with Crippen LogP contribution in [-0.4, -0.2) is 52.1 Å². The van der Waals surface area contributed by atoms with Gasteiger partial charge in [0.25, 0.3) is 17.4 Å². The molecule has 0 radical (unpaired) electrons. The lowest BCUT2D eigenvalue weighted by atomic mass is 9.89. The molecule has 0 saturated carbocycles. The number of hydrogen-bond donors (Lipinski definition) is 2. The van der Waals surface area contributed by atoms with E-state index in [9.17, 15) is 14.4 Å². The van der Waals surface area contributed by atoms with Gasteiger partial charge in [-0.1, -0.05) is 0 Å². The van der Waals surface area contributed by atoms with E-state index in [1.807, 2.05) is 37.3 Å². The van der Waals surface area contributed by atoms with Crippen LogP contribution in [0.5, 0.6) is 0 Å². The number of rotatable bonds is 8. The summed E-state index contributed by atoms with van der Waals surface area (Å²) in [6.07, 6.45) is 3.03. The second-order valence-electron chi connectivity index (χ2n) is 9.18. The van der Waals surface area contributed by atoms with Crippen LogP contribution < -0.4 is 10.9 Å². The summed E-state index contributed by atoms with van der Waals surface area (Å²) in [6, 6.07) is 9.32. The molecular weight excluding hydrogens is 476 g/mol. The third kappa shape index (κ3) is 6.07. The lowest BCUT2D eigenvalue weighted by molar-refractivity contribution is 0.0708. The molecule has 4 heterocycles. The maximum Gasteiger partial charge on any atom is 0.261 e. The Bertz CT molecular complexity index is 1280. The predicted molar refractivity (Wildman–Crippen MR) is 141 cm³/mol. The van der Waals surface area contributed by atoms with Gasteiger partial charge >= 0.3 is 0 Å². The number of aromatic nitrogens is 2. The summed E-state index contributed by atoms with van der Waals surface area (Å²) in [4.78, 5) is 47.7. The van der Waals surface area contributed by atoms with Crippen molar-refractivity contribution in [1.29, 1.82) is 0 Å². The molecule has 3 aromatic heterocycles. The van der Waals surface area contributed by atoms with Crippen molar-refractivity contribution in [1.82, 2.24) is 20.2 Å². The van der Waals surface area contributed by atoms with Crippen LogP contribution in [0.3, 0.4) is 0 Å². The molecule has 1 aliphatic heterocycles. The molecule has 0 aliphatic carbocycles. The van der Waals surface area contributed by atoms with Crippen LogP contribution in [0.2, 0.25) is 0 Å². The minimum atomic E-state index is -0.346. The van der Waals surface area contributed by atoms with Gasteiger partial charge in [-0.05, 0) is 69.5 Å². The topological polar surface area (TPSA) is 108 Å². The average Bonchev–Trinajstić information content (AvgIpc) is 3.36. The molecule has 3 aromatic rings. The van der Waals surface area contributed by atoms with Gasteiger partial charge in [0.15, 0.2) is 0 Å². The Balaban J connectivity index is 1.36. The van der Waals surface area contributed by atoms with E-state index >= 15 is 0 Å². The summed E-state index contributed by atoms with van der Waals surface area (Å²) in [6.45, 7) is 7.08. The highest BCUT2D eigenvalue weighted by molar-refractivity contribution is 7.98. The maximum absolute atomic E-state index is 13.1.